The van der Waals surface area contributed by atoms with Gasteiger partial charge >= 0.3 is 19.8 Å². The summed E-state index contributed by atoms with van der Waals surface area (Å²) < 4.78 is 32.5. The number of carbonyl (C=O) groups is 2. The van der Waals surface area contributed by atoms with Gasteiger partial charge in [-0.25, -0.2) is 4.57 Å². The van der Waals surface area contributed by atoms with Crippen LogP contribution in [0.2, 0.25) is 0 Å². The smallest absolute Gasteiger partial charge is 0.462 e. The molecular weight excluding hydrogens is 735 g/mol. The Morgan fingerprint density at radius 1 is 0.607 bits per heavy atom. The number of allylic oxidation sites excluding steroid dienone is 12. The molecule has 0 aromatic rings. The molecule has 0 aromatic heterocycles. The second-order valence-corrected chi connectivity index (χ2v) is 15.0. The molecule has 56 heavy (non-hydrogen) atoms. The molecule has 0 rings (SSSR count). The number of hydrogen-bond donors (Lipinski definition) is 4. The van der Waals surface area contributed by atoms with Gasteiger partial charge in [-0.3, -0.25) is 18.6 Å². The van der Waals surface area contributed by atoms with Crippen LogP contribution >= 0.6 is 7.82 Å². The Balaban J connectivity index is 4.58. The quantitative estimate of drug-likeness (QED) is 0.0155. The Labute approximate surface area is 337 Å². The zero-order valence-corrected chi connectivity index (χ0v) is 35.1. The summed E-state index contributed by atoms with van der Waals surface area (Å²) in [5, 5.41) is 28.4. The molecular formula is C44H73O11P. The van der Waals surface area contributed by atoms with Gasteiger partial charge in [-0.1, -0.05) is 125 Å². The van der Waals surface area contributed by atoms with Gasteiger partial charge in [0.05, 0.1) is 25.9 Å². The lowest BCUT2D eigenvalue weighted by Crippen LogP contribution is -2.29. The van der Waals surface area contributed by atoms with Gasteiger partial charge in [0.15, 0.2) is 6.10 Å². The van der Waals surface area contributed by atoms with E-state index in [2.05, 4.69) is 60.9 Å². The van der Waals surface area contributed by atoms with Crippen LogP contribution in [0.1, 0.15) is 136 Å². The number of aliphatic hydroxyl groups excluding tert-OH is 3. The van der Waals surface area contributed by atoms with Crippen molar-refractivity contribution < 1.29 is 52.9 Å². The van der Waals surface area contributed by atoms with Crippen LogP contribution in [0.5, 0.6) is 0 Å². The van der Waals surface area contributed by atoms with Crippen LogP contribution in [0.15, 0.2) is 85.1 Å². The second-order valence-electron chi connectivity index (χ2n) is 13.5. The molecule has 0 aliphatic carbocycles. The number of rotatable bonds is 37. The topological polar surface area (TPSA) is 169 Å². The molecule has 12 heteroatoms. The molecule has 0 heterocycles. The van der Waals surface area contributed by atoms with E-state index in [0.29, 0.717) is 32.1 Å². The van der Waals surface area contributed by atoms with E-state index < -0.39 is 57.9 Å². The molecule has 0 aromatic carbocycles. The van der Waals surface area contributed by atoms with E-state index in [4.69, 9.17) is 19.1 Å². The maximum absolute atomic E-state index is 12.6. The van der Waals surface area contributed by atoms with Crippen LogP contribution in [-0.4, -0.2) is 76.9 Å². The Hall–Kier alpha value is -2.89. The van der Waals surface area contributed by atoms with E-state index >= 15 is 0 Å². The summed E-state index contributed by atoms with van der Waals surface area (Å²) in [5.74, 6) is -1.09. The number of carbonyl (C=O) groups excluding carboxylic acids is 2. The van der Waals surface area contributed by atoms with Gasteiger partial charge in [0, 0.05) is 12.8 Å². The Morgan fingerprint density at radius 3 is 1.73 bits per heavy atom. The molecule has 0 aliphatic heterocycles. The lowest BCUT2D eigenvalue weighted by atomic mass is 10.1. The summed E-state index contributed by atoms with van der Waals surface area (Å²) in [6.45, 7) is 2.09. The van der Waals surface area contributed by atoms with E-state index in [-0.39, 0.29) is 19.4 Å². The number of hydrogen-bond acceptors (Lipinski definition) is 10. The van der Waals surface area contributed by atoms with Crippen LogP contribution in [0.4, 0.5) is 0 Å². The SMILES string of the molecule is CCCCC/C=C\C=C/[C@H](O)C/C=C\C/C=C/CCCC(=O)O[C@H](COC(=O)CCCC/C=C\C/C=C\C/C=C\CCCCC)COP(=O)(O)OC[C@@H](O)CO. The maximum Gasteiger partial charge on any atom is 0.472 e. The highest BCUT2D eigenvalue weighted by Crippen LogP contribution is 2.43. The monoisotopic (exact) mass is 808 g/mol. The Kier molecular flexibility index (Phi) is 36.9. The molecule has 0 saturated carbocycles. The average molecular weight is 809 g/mol. The molecule has 0 radical (unpaired) electrons. The van der Waals surface area contributed by atoms with Crippen molar-refractivity contribution in [1.29, 1.82) is 0 Å². The summed E-state index contributed by atoms with van der Waals surface area (Å²) >= 11 is 0. The minimum absolute atomic E-state index is 0.0612. The van der Waals surface area contributed by atoms with Gasteiger partial charge in [-0.15, -0.1) is 0 Å². The fourth-order valence-electron chi connectivity index (χ4n) is 4.83. The van der Waals surface area contributed by atoms with Gasteiger partial charge in [-0.05, 0) is 83.5 Å². The van der Waals surface area contributed by atoms with Crippen molar-refractivity contribution in [2.75, 3.05) is 26.4 Å². The molecule has 0 bridgehead atoms. The fourth-order valence-corrected chi connectivity index (χ4v) is 5.62. The third kappa shape index (κ3) is 38.0. The molecule has 0 spiro atoms. The number of phosphoric ester groups is 1. The van der Waals surface area contributed by atoms with E-state index in [1.54, 1.807) is 6.08 Å². The number of aliphatic hydroxyl groups is 3. The van der Waals surface area contributed by atoms with Crippen LogP contribution < -0.4 is 0 Å². The van der Waals surface area contributed by atoms with Crippen molar-refractivity contribution in [3.8, 4) is 0 Å². The van der Waals surface area contributed by atoms with Crippen molar-refractivity contribution in [1.82, 2.24) is 0 Å². The Morgan fingerprint density at radius 2 is 1.12 bits per heavy atom. The normalized spacial score (nSPS) is 15.3. The van der Waals surface area contributed by atoms with Crippen LogP contribution in [-0.2, 0) is 32.7 Å². The number of esters is 2. The van der Waals surface area contributed by atoms with Gasteiger partial charge in [-0.2, -0.15) is 0 Å². The van der Waals surface area contributed by atoms with Crippen molar-refractivity contribution in [2.45, 2.75) is 154 Å². The first-order valence-electron chi connectivity index (χ1n) is 20.7. The molecule has 4 atom stereocenters. The fraction of sp³-hybridized carbons (Fsp3) is 0.636. The van der Waals surface area contributed by atoms with Gasteiger partial charge in [0.1, 0.15) is 12.7 Å². The number of unbranched alkanes of at least 4 members (excludes halogenated alkanes) is 9. The molecule has 320 valence electrons. The zero-order valence-electron chi connectivity index (χ0n) is 34.2. The molecule has 0 aliphatic rings. The van der Waals surface area contributed by atoms with Crippen molar-refractivity contribution in [2.24, 2.45) is 0 Å². The molecule has 0 fully saturated rings. The average Bonchev–Trinajstić information content (AvgIpc) is 3.18. The van der Waals surface area contributed by atoms with Gasteiger partial charge in [0.25, 0.3) is 0 Å². The third-order valence-electron chi connectivity index (χ3n) is 8.10. The van der Waals surface area contributed by atoms with Gasteiger partial charge in [0.2, 0.25) is 0 Å². The highest BCUT2D eigenvalue weighted by molar-refractivity contribution is 7.47. The summed E-state index contributed by atoms with van der Waals surface area (Å²) in [7, 11) is -4.66. The van der Waals surface area contributed by atoms with Crippen molar-refractivity contribution >= 4 is 19.8 Å². The highest BCUT2D eigenvalue weighted by atomic mass is 31.2. The predicted molar refractivity (Wildman–Crippen MR) is 225 cm³/mol. The molecule has 0 amide bonds. The van der Waals surface area contributed by atoms with Crippen LogP contribution in [0.3, 0.4) is 0 Å². The minimum Gasteiger partial charge on any atom is -0.462 e. The molecule has 11 nitrogen and oxygen atoms in total. The first-order valence-corrected chi connectivity index (χ1v) is 22.1. The maximum atomic E-state index is 12.6. The number of ether oxygens (including phenoxy) is 2. The van der Waals surface area contributed by atoms with Crippen LogP contribution in [0.25, 0.3) is 0 Å². The Bertz CT molecular complexity index is 1220. The third-order valence-corrected chi connectivity index (χ3v) is 9.05. The van der Waals surface area contributed by atoms with Crippen LogP contribution in [0, 0.1) is 0 Å². The number of phosphoric acid groups is 1. The van der Waals surface area contributed by atoms with E-state index in [1.165, 1.54) is 38.5 Å². The lowest BCUT2D eigenvalue weighted by Gasteiger charge is -2.20. The first-order chi connectivity index (χ1) is 27.1. The minimum atomic E-state index is -4.66. The summed E-state index contributed by atoms with van der Waals surface area (Å²) in [6.07, 6.45) is 41.5. The lowest BCUT2D eigenvalue weighted by molar-refractivity contribution is -0.161. The standard InChI is InChI=1S/C44H73O11P/c1-3-5-7-9-11-12-13-14-15-16-17-18-22-26-30-34-43(48)52-38-42(39-54-56(50,51)53-37-41(47)36-45)55-44(49)35-31-27-23-19-21-25-29-33-40(46)32-28-24-20-10-8-6-4-2/h11-12,14-15,17-20,23-25,28-29,32,40-42,45-47H,3-10,13,16,21-22,26-27,30-31,33-39H2,1-2H3,(H,50,51)/b12-11-,15-14-,18-17-,23-19+,24-20-,29-25-,32-28-/t40-,41-,42+/m0/s1. The largest absolute Gasteiger partial charge is 0.472 e. The summed E-state index contributed by atoms with van der Waals surface area (Å²) in [4.78, 5) is 34.9. The van der Waals surface area contributed by atoms with Crippen molar-refractivity contribution in [3.63, 3.8) is 0 Å². The summed E-state index contributed by atoms with van der Waals surface area (Å²) in [6, 6.07) is 0. The molecule has 4 N–H and O–H groups in total. The first kappa shape index (κ1) is 53.1. The molecule has 0 saturated heterocycles. The highest BCUT2D eigenvalue weighted by Gasteiger charge is 2.27. The second kappa shape index (κ2) is 39.0. The zero-order chi connectivity index (χ0) is 41.4. The van der Waals surface area contributed by atoms with E-state index in [1.807, 2.05) is 36.5 Å². The van der Waals surface area contributed by atoms with E-state index in [9.17, 15) is 29.3 Å². The van der Waals surface area contributed by atoms with E-state index in [0.717, 1.165) is 38.5 Å². The molecule has 1 unspecified atom stereocenters. The predicted octanol–water partition coefficient (Wildman–Crippen LogP) is 9.63. The van der Waals surface area contributed by atoms with Gasteiger partial charge < -0.3 is 29.7 Å². The summed E-state index contributed by atoms with van der Waals surface area (Å²) in [5.41, 5.74) is 0. The van der Waals surface area contributed by atoms with Crippen molar-refractivity contribution in [3.05, 3.63) is 85.1 Å².